The van der Waals surface area contributed by atoms with Gasteiger partial charge in [-0.25, -0.2) is 0 Å². The molecular formula is C20H32O3Si. The van der Waals surface area contributed by atoms with E-state index in [0.29, 0.717) is 12.5 Å². The van der Waals surface area contributed by atoms with Crippen molar-refractivity contribution in [2.24, 2.45) is 11.3 Å². The first-order valence-electron chi connectivity index (χ1n) is 8.82. The summed E-state index contributed by atoms with van der Waals surface area (Å²) in [4.78, 5) is 0. The number of benzene rings is 1. The first-order chi connectivity index (χ1) is 11.3. The van der Waals surface area contributed by atoms with Crippen LogP contribution in [0.1, 0.15) is 25.3 Å². The van der Waals surface area contributed by atoms with E-state index in [1.807, 2.05) is 24.3 Å². The zero-order valence-corrected chi connectivity index (χ0v) is 16.8. The fourth-order valence-corrected chi connectivity index (χ4v) is 5.15. The summed E-state index contributed by atoms with van der Waals surface area (Å²) < 4.78 is 11.1. The molecule has 1 aromatic carbocycles. The smallest absolute Gasteiger partial charge is 0.118 e. The molecule has 0 aliphatic heterocycles. The molecule has 3 nitrogen and oxygen atoms in total. The number of methoxy groups -OCH3 is 1. The van der Waals surface area contributed by atoms with Gasteiger partial charge in [0, 0.05) is 13.2 Å². The van der Waals surface area contributed by atoms with E-state index >= 15 is 0 Å². The molecule has 2 rings (SSSR count). The van der Waals surface area contributed by atoms with Gasteiger partial charge in [-0.3, -0.25) is 0 Å². The van der Waals surface area contributed by atoms with Crippen molar-refractivity contribution in [2.45, 2.75) is 46.0 Å². The van der Waals surface area contributed by atoms with Crippen LogP contribution in [0.3, 0.4) is 0 Å². The fourth-order valence-electron chi connectivity index (χ4n) is 3.57. The molecule has 134 valence electrons. The second-order valence-electron chi connectivity index (χ2n) is 8.08. The molecule has 2 atom stereocenters. The summed E-state index contributed by atoms with van der Waals surface area (Å²) in [6.45, 7) is 11.0. The topological polar surface area (TPSA) is 38.7 Å². The molecule has 0 heterocycles. The lowest BCUT2D eigenvalue weighted by atomic mass is 9.92. The molecule has 0 spiro atoms. The minimum atomic E-state index is -1.24. The van der Waals surface area contributed by atoms with Crippen molar-refractivity contribution in [1.29, 1.82) is 0 Å². The van der Waals surface area contributed by atoms with Crippen LogP contribution in [-0.4, -0.2) is 33.5 Å². The summed E-state index contributed by atoms with van der Waals surface area (Å²) in [6, 6.07) is 8.00. The third-order valence-corrected chi connectivity index (χ3v) is 6.31. The molecule has 24 heavy (non-hydrogen) atoms. The minimum Gasteiger partial charge on any atom is -0.497 e. The van der Waals surface area contributed by atoms with Gasteiger partial charge in [-0.2, -0.15) is 0 Å². The maximum absolute atomic E-state index is 9.60. The third kappa shape index (κ3) is 4.95. The molecule has 0 amide bonds. The second-order valence-corrected chi connectivity index (χ2v) is 13.1. The van der Waals surface area contributed by atoms with Gasteiger partial charge >= 0.3 is 0 Å². The van der Waals surface area contributed by atoms with Crippen molar-refractivity contribution >= 4 is 8.07 Å². The second kappa shape index (κ2) is 7.85. The fraction of sp³-hybridized carbons (Fsp3) is 0.600. The lowest BCUT2D eigenvalue weighted by Gasteiger charge is -2.22. The first-order valence-corrected chi connectivity index (χ1v) is 12.4. The Morgan fingerprint density at radius 2 is 1.96 bits per heavy atom. The van der Waals surface area contributed by atoms with Crippen molar-refractivity contribution < 1.29 is 14.6 Å². The van der Waals surface area contributed by atoms with Crippen molar-refractivity contribution in [3.63, 3.8) is 0 Å². The minimum absolute atomic E-state index is 0.176. The molecule has 0 bridgehead atoms. The zero-order valence-electron chi connectivity index (χ0n) is 15.8. The Kier molecular flexibility index (Phi) is 6.29. The van der Waals surface area contributed by atoms with Gasteiger partial charge in [-0.1, -0.05) is 43.0 Å². The molecule has 0 radical (unpaired) electrons. The largest absolute Gasteiger partial charge is 0.497 e. The van der Waals surface area contributed by atoms with E-state index in [9.17, 15) is 5.11 Å². The summed E-state index contributed by atoms with van der Waals surface area (Å²) >= 11 is 0. The van der Waals surface area contributed by atoms with E-state index in [-0.39, 0.29) is 12.0 Å². The average Bonchev–Trinajstić information content (AvgIpc) is 3.25. The van der Waals surface area contributed by atoms with Crippen LogP contribution in [0.15, 0.2) is 35.5 Å². The zero-order chi connectivity index (χ0) is 17.8. The molecule has 2 unspecified atom stereocenters. The van der Waals surface area contributed by atoms with Crippen LogP contribution < -0.4 is 4.74 Å². The molecule has 0 saturated heterocycles. The molecule has 1 aliphatic carbocycles. The Bertz CT molecular complexity index is 559. The maximum atomic E-state index is 9.60. The Morgan fingerprint density at radius 1 is 1.29 bits per heavy atom. The van der Waals surface area contributed by atoms with E-state index in [1.54, 1.807) is 7.11 Å². The standard InChI is InChI=1S/C20H32O3Si/c1-16(15-24(3,4)5)20(12-18(20)13-21)10-11-23-14-17-6-8-19(22-2)9-7-17/h6-9,15,18,21H,10-14H2,1-5H3/b16-15+. The van der Waals surface area contributed by atoms with Gasteiger partial charge in [-0.15, -0.1) is 0 Å². The highest BCUT2D eigenvalue weighted by molar-refractivity contribution is 6.81. The third-order valence-electron chi connectivity index (χ3n) is 5.01. The number of ether oxygens (including phenoxy) is 2. The first kappa shape index (κ1) is 19.2. The lowest BCUT2D eigenvalue weighted by Crippen LogP contribution is -2.20. The number of rotatable bonds is 9. The number of aliphatic hydroxyl groups excluding tert-OH is 1. The van der Waals surface area contributed by atoms with Gasteiger partial charge in [0.15, 0.2) is 0 Å². The number of hydrogen-bond donors (Lipinski definition) is 1. The average molecular weight is 349 g/mol. The van der Waals surface area contributed by atoms with E-state index in [1.165, 1.54) is 5.57 Å². The van der Waals surface area contributed by atoms with Crippen molar-refractivity contribution in [2.75, 3.05) is 20.3 Å². The van der Waals surface area contributed by atoms with Crippen LogP contribution in [0, 0.1) is 11.3 Å². The van der Waals surface area contributed by atoms with Crippen LogP contribution >= 0.6 is 0 Å². The summed E-state index contributed by atoms with van der Waals surface area (Å²) in [7, 11) is 0.437. The summed E-state index contributed by atoms with van der Waals surface area (Å²) in [6.07, 6.45) is 2.10. The Morgan fingerprint density at radius 3 is 2.46 bits per heavy atom. The normalized spacial score (nSPS) is 24.1. The Balaban J connectivity index is 1.87. The van der Waals surface area contributed by atoms with Gasteiger partial charge in [-0.05, 0) is 48.8 Å². The maximum Gasteiger partial charge on any atom is 0.118 e. The van der Waals surface area contributed by atoms with E-state index < -0.39 is 8.07 Å². The molecule has 1 aliphatic rings. The lowest BCUT2D eigenvalue weighted by molar-refractivity contribution is 0.104. The predicted molar refractivity (Wildman–Crippen MR) is 102 cm³/mol. The molecule has 1 aromatic rings. The SMILES string of the molecule is COc1ccc(COCCC2(/C(C)=C/[Si](C)(C)C)CC2CO)cc1. The Labute approximate surface area is 147 Å². The molecule has 0 aromatic heterocycles. The van der Waals surface area contributed by atoms with Gasteiger partial charge in [0.1, 0.15) is 5.75 Å². The van der Waals surface area contributed by atoms with Crippen molar-refractivity contribution in [3.8, 4) is 5.75 Å². The molecule has 1 saturated carbocycles. The van der Waals surface area contributed by atoms with Crippen LogP contribution in [-0.2, 0) is 11.3 Å². The molecule has 1 N–H and O–H groups in total. The van der Waals surface area contributed by atoms with Crippen LogP contribution in [0.25, 0.3) is 0 Å². The van der Waals surface area contributed by atoms with Gasteiger partial charge in [0.2, 0.25) is 0 Å². The predicted octanol–water partition coefficient (Wildman–Crippen LogP) is 4.42. The van der Waals surface area contributed by atoms with Gasteiger partial charge in [0.25, 0.3) is 0 Å². The van der Waals surface area contributed by atoms with Gasteiger partial charge in [0.05, 0.1) is 21.8 Å². The quantitative estimate of drug-likeness (QED) is 0.530. The van der Waals surface area contributed by atoms with Crippen LogP contribution in [0.4, 0.5) is 0 Å². The van der Waals surface area contributed by atoms with Crippen molar-refractivity contribution in [3.05, 3.63) is 41.1 Å². The van der Waals surface area contributed by atoms with E-state index in [2.05, 4.69) is 32.3 Å². The van der Waals surface area contributed by atoms with E-state index in [4.69, 9.17) is 9.47 Å². The van der Waals surface area contributed by atoms with E-state index in [0.717, 1.165) is 30.8 Å². The van der Waals surface area contributed by atoms with Crippen LogP contribution in [0.5, 0.6) is 5.75 Å². The number of aliphatic hydroxyl groups is 1. The monoisotopic (exact) mass is 348 g/mol. The molecule has 4 heteroatoms. The molecular weight excluding hydrogens is 316 g/mol. The highest BCUT2D eigenvalue weighted by Crippen LogP contribution is 2.60. The highest BCUT2D eigenvalue weighted by Gasteiger charge is 2.54. The number of hydrogen-bond acceptors (Lipinski definition) is 3. The Hall–Kier alpha value is -1.10. The van der Waals surface area contributed by atoms with Crippen molar-refractivity contribution in [1.82, 2.24) is 0 Å². The summed E-state index contributed by atoms with van der Waals surface area (Å²) in [5, 5.41) is 9.60. The summed E-state index contributed by atoms with van der Waals surface area (Å²) in [5.41, 5.74) is 5.30. The highest BCUT2D eigenvalue weighted by atomic mass is 28.3. The van der Waals surface area contributed by atoms with Gasteiger partial charge < -0.3 is 14.6 Å². The number of allylic oxidation sites excluding steroid dienone is 1. The summed E-state index contributed by atoms with van der Waals surface area (Å²) in [5.74, 6) is 1.28. The van der Waals surface area contributed by atoms with Crippen LogP contribution in [0.2, 0.25) is 19.6 Å². The molecule has 1 fully saturated rings.